The minimum atomic E-state index is -1.09. The molecule has 2 aliphatic heterocycles. The van der Waals surface area contributed by atoms with Crippen LogP contribution in [0.2, 0.25) is 0 Å². The summed E-state index contributed by atoms with van der Waals surface area (Å²) in [5, 5.41) is 45.9. The number of carbonyl (C=O) groups is 1. The third kappa shape index (κ3) is 5.02. The van der Waals surface area contributed by atoms with Crippen molar-refractivity contribution < 1.29 is 39.4 Å². The van der Waals surface area contributed by atoms with Gasteiger partial charge in [0.1, 0.15) is 12.7 Å². The summed E-state index contributed by atoms with van der Waals surface area (Å²) in [5.41, 5.74) is -0.971. The van der Waals surface area contributed by atoms with E-state index in [1.165, 1.54) is 0 Å². The largest absolute Gasteiger partial charge is 0.458 e. The van der Waals surface area contributed by atoms with Crippen LogP contribution in [-0.2, 0) is 25.5 Å². The normalized spacial score (nSPS) is 48.0. The van der Waals surface area contributed by atoms with E-state index >= 15 is 0 Å². The van der Waals surface area contributed by atoms with Crippen LogP contribution in [0.3, 0.4) is 0 Å². The number of hydrogen-bond donors (Lipinski definition) is 4. The van der Waals surface area contributed by atoms with Crippen LogP contribution in [0.5, 0.6) is 0 Å². The summed E-state index contributed by atoms with van der Waals surface area (Å²) < 4.78 is 17.5. The van der Waals surface area contributed by atoms with Crippen LogP contribution in [-0.4, -0.2) is 86.1 Å². The van der Waals surface area contributed by atoms with Crippen LogP contribution >= 0.6 is 0 Å². The smallest absolute Gasteiger partial charge is 0.331 e. The summed E-state index contributed by atoms with van der Waals surface area (Å²) >= 11 is 0. The summed E-state index contributed by atoms with van der Waals surface area (Å²) in [7, 11) is 0. The molecule has 4 N–H and O–H groups in total. The fourth-order valence-electron chi connectivity index (χ4n) is 10.6. The second kappa shape index (κ2) is 11.5. The molecular formula is C35H48N2O8. The standard InChI is InChI=1S/C35H48N2O8/c1-21-31(40)28(38)16-30(44-21)45-24-3-10-33(20-37-18-22-7-13-36-14-8-22)26-4-9-32(2)25(23-15-29(39)43-19-23)6-12-35(32,42)27(26)5-11-34(33,41)17-24/h7-8,13-15,20-21,24-28,30-31,38,40-42H,3-6,9-12,16-19H2,1-2H3. The van der Waals surface area contributed by atoms with Crippen molar-refractivity contribution in [1.29, 1.82) is 0 Å². The van der Waals surface area contributed by atoms with Gasteiger partial charge in [-0.1, -0.05) is 6.92 Å². The van der Waals surface area contributed by atoms with Crippen LogP contribution in [0.25, 0.3) is 0 Å². The second-order valence-electron chi connectivity index (χ2n) is 15.0. The Labute approximate surface area is 264 Å². The zero-order chi connectivity index (χ0) is 31.6. The number of pyridine rings is 1. The highest BCUT2D eigenvalue weighted by Gasteiger charge is 2.71. The van der Waals surface area contributed by atoms with E-state index in [0.717, 1.165) is 30.4 Å². The number of rotatable bonds is 6. The molecule has 0 bridgehead atoms. The lowest BCUT2D eigenvalue weighted by Crippen LogP contribution is -2.69. The third-order valence-electron chi connectivity index (χ3n) is 13.0. The number of hydrogen-bond acceptors (Lipinski definition) is 10. The summed E-state index contributed by atoms with van der Waals surface area (Å²) in [6.45, 7) is 4.73. The molecular weight excluding hydrogens is 576 g/mol. The minimum Gasteiger partial charge on any atom is -0.458 e. The number of ether oxygens (including phenoxy) is 3. The molecule has 3 heterocycles. The summed E-state index contributed by atoms with van der Waals surface area (Å²) in [6, 6.07) is 3.90. The number of aromatic nitrogens is 1. The van der Waals surface area contributed by atoms with E-state index in [9.17, 15) is 25.2 Å². The van der Waals surface area contributed by atoms with Gasteiger partial charge in [-0.25, -0.2) is 4.79 Å². The number of esters is 1. The molecule has 1 aromatic rings. The molecule has 4 aliphatic carbocycles. The van der Waals surface area contributed by atoms with E-state index in [2.05, 4.69) is 11.9 Å². The first kappa shape index (κ1) is 31.4. The van der Waals surface area contributed by atoms with E-state index in [4.69, 9.17) is 19.2 Å². The highest BCUT2D eigenvalue weighted by atomic mass is 16.7. The molecule has 1 saturated heterocycles. The molecule has 0 radical (unpaired) electrons. The van der Waals surface area contributed by atoms with Gasteiger partial charge < -0.3 is 34.6 Å². The molecule has 6 aliphatic rings. The molecule has 0 amide bonds. The average molecular weight is 625 g/mol. The maximum absolute atomic E-state index is 12.7. The van der Waals surface area contributed by atoms with Crippen molar-refractivity contribution in [3.8, 4) is 0 Å². The van der Waals surface area contributed by atoms with Crippen LogP contribution in [0, 0.1) is 28.6 Å². The highest BCUT2D eigenvalue weighted by Crippen LogP contribution is 2.70. The highest BCUT2D eigenvalue weighted by molar-refractivity contribution is 5.85. The van der Waals surface area contributed by atoms with Crippen LogP contribution < -0.4 is 0 Å². The number of nitrogens with zero attached hydrogens (tertiary/aromatic N) is 2. The quantitative estimate of drug-likeness (QED) is 0.212. The van der Waals surface area contributed by atoms with Gasteiger partial charge in [0, 0.05) is 48.4 Å². The van der Waals surface area contributed by atoms with Crippen molar-refractivity contribution in [3.63, 3.8) is 0 Å². The Morgan fingerprint density at radius 2 is 1.84 bits per heavy atom. The van der Waals surface area contributed by atoms with Gasteiger partial charge in [0.2, 0.25) is 0 Å². The van der Waals surface area contributed by atoms with E-state index < -0.39 is 41.2 Å². The Hall–Kier alpha value is -2.21. The fourth-order valence-corrected chi connectivity index (χ4v) is 10.6. The molecule has 45 heavy (non-hydrogen) atoms. The van der Waals surface area contributed by atoms with Crippen molar-refractivity contribution in [2.45, 2.75) is 127 Å². The van der Waals surface area contributed by atoms with E-state index in [1.54, 1.807) is 25.4 Å². The number of aliphatic imine (C=N–C) groups is 1. The topological polar surface area (TPSA) is 151 Å². The van der Waals surface area contributed by atoms with Crippen LogP contribution in [0.15, 0.2) is 41.2 Å². The monoisotopic (exact) mass is 624 g/mol. The van der Waals surface area contributed by atoms with Gasteiger partial charge in [-0.2, -0.15) is 0 Å². The Morgan fingerprint density at radius 3 is 2.58 bits per heavy atom. The van der Waals surface area contributed by atoms with Gasteiger partial charge in [0.25, 0.3) is 0 Å². The second-order valence-corrected chi connectivity index (χ2v) is 15.0. The molecule has 0 aromatic carbocycles. The lowest BCUT2D eigenvalue weighted by atomic mass is 9.41. The molecule has 1 aromatic heterocycles. The van der Waals surface area contributed by atoms with Crippen molar-refractivity contribution in [2.24, 2.45) is 33.6 Å². The Bertz CT molecular complexity index is 1330. The predicted molar refractivity (Wildman–Crippen MR) is 164 cm³/mol. The SMILES string of the molecule is CC1OC(OC2CCC3(C=NCc4ccncc4)C4CCC5(C)C(C6=CC(=O)OC6)CCC5(O)C4CCC3(O)C2)CC(O)C1O. The van der Waals surface area contributed by atoms with Gasteiger partial charge in [-0.15, -0.1) is 0 Å². The maximum atomic E-state index is 12.7. The number of cyclic esters (lactones) is 1. The lowest BCUT2D eigenvalue weighted by molar-refractivity contribution is -0.282. The Morgan fingerprint density at radius 1 is 1.07 bits per heavy atom. The average Bonchev–Trinajstić information content (AvgIpc) is 3.56. The number of aliphatic hydroxyl groups is 4. The van der Waals surface area contributed by atoms with Crippen LogP contribution in [0.4, 0.5) is 0 Å². The molecule has 246 valence electrons. The molecule has 4 saturated carbocycles. The van der Waals surface area contributed by atoms with Crippen molar-refractivity contribution >= 4 is 12.2 Å². The molecule has 10 heteroatoms. The van der Waals surface area contributed by atoms with E-state index in [-0.39, 0.29) is 41.7 Å². The minimum absolute atomic E-state index is 0.0100. The first-order valence-corrected chi connectivity index (χ1v) is 16.9. The van der Waals surface area contributed by atoms with Gasteiger partial charge in [-0.05, 0) is 99.3 Å². The number of fused-ring (bicyclic) bond motifs is 5. The molecule has 12 atom stereocenters. The molecule has 5 fully saturated rings. The first-order valence-electron chi connectivity index (χ1n) is 16.9. The van der Waals surface area contributed by atoms with Gasteiger partial charge in [0.15, 0.2) is 6.29 Å². The number of aliphatic hydroxyl groups excluding tert-OH is 2. The van der Waals surface area contributed by atoms with Gasteiger partial charge in [-0.3, -0.25) is 9.98 Å². The van der Waals surface area contributed by atoms with Crippen molar-refractivity contribution in [1.82, 2.24) is 4.98 Å². The summed E-state index contributed by atoms with van der Waals surface area (Å²) in [6.07, 6.45) is 10.2. The summed E-state index contributed by atoms with van der Waals surface area (Å²) in [5.74, 6) is -0.164. The predicted octanol–water partition coefficient (Wildman–Crippen LogP) is 3.25. The van der Waals surface area contributed by atoms with E-state index in [0.29, 0.717) is 51.7 Å². The van der Waals surface area contributed by atoms with E-state index in [1.807, 2.05) is 18.3 Å². The molecule has 12 unspecified atom stereocenters. The molecule has 0 spiro atoms. The first-order chi connectivity index (χ1) is 21.5. The third-order valence-corrected chi connectivity index (χ3v) is 13.0. The van der Waals surface area contributed by atoms with Crippen molar-refractivity contribution in [2.75, 3.05) is 6.61 Å². The van der Waals surface area contributed by atoms with Gasteiger partial charge >= 0.3 is 5.97 Å². The Kier molecular flexibility index (Phi) is 8.02. The zero-order valence-corrected chi connectivity index (χ0v) is 26.4. The molecule has 7 rings (SSSR count). The van der Waals surface area contributed by atoms with Crippen molar-refractivity contribution in [3.05, 3.63) is 41.7 Å². The zero-order valence-electron chi connectivity index (χ0n) is 26.4. The lowest BCUT2D eigenvalue weighted by Gasteiger charge is -2.66. The van der Waals surface area contributed by atoms with Crippen LogP contribution in [0.1, 0.15) is 83.6 Å². The Balaban J connectivity index is 1.17. The van der Waals surface area contributed by atoms with Gasteiger partial charge in [0.05, 0.1) is 36.1 Å². The fraction of sp³-hybridized carbons (Fsp3) is 0.743. The molecule has 10 nitrogen and oxygen atoms in total. The summed E-state index contributed by atoms with van der Waals surface area (Å²) in [4.78, 5) is 21.1. The maximum Gasteiger partial charge on any atom is 0.331 e. The number of carbonyl (C=O) groups excluding carboxylic acids is 1.